The van der Waals surface area contributed by atoms with Gasteiger partial charge >= 0.3 is 5.97 Å². The van der Waals surface area contributed by atoms with Crippen LogP contribution >= 0.6 is 12.4 Å². The average molecular weight is 258 g/mol. The van der Waals surface area contributed by atoms with Gasteiger partial charge in [-0.2, -0.15) is 0 Å². The summed E-state index contributed by atoms with van der Waals surface area (Å²) in [7, 11) is 0. The summed E-state index contributed by atoms with van der Waals surface area (Å²) >= 11 is 0. The fraction of sp³-hybridized carbons (Fsp3) is 0.462. The summed E-state index contributed by atoms with van der Waals surface area (Å²) in [6.45, 7) is 6.24. The number of nitrogens with two attached hydrogens (primary N) is 1. The molecule has 4 heteroatoms. The number of ether oxygens (including phenoxy) is 1. The van der Waals surface area contributed by atoms with Gasteiger partial charge in [0.2, 0.25) is 0 Å². The number of hydrogen-bond acceptors (Lipinski definition) is 3. The van der Waals surface area contributed by atoms with Crippen molar-refractivity contribution in [1.29, 1.82) is 0 Å². The minimum absolute atomic E-state index is 0. The summed E-state index contributed by atoms with van der Waals surface area (Å²) in [6.07, 6.45) is 0.233. The van der Waals surface area contributed by atoms with Crippen molar-refractivity contribution < 1.29 is 9.53 Å². The van der Waals surface area contributed by atoms with Gasteiger partial charge in [0.15, 0.2) is 0 Å². The summed E-state index contributed by atoms with van der Waals surface area (Å²) in [6, 6.07) is 5.83. The molecule has 0 unspecified atom stereocenters. The minimum atomic E-state index is -0.280. The van der Waals surface area contributed by atoms with Gasteiger partial charge < -0.3 is 10.5 Å². The maximum absolute atomic E-state index is 11.3. The number of hydrogen-bond donors (Lipinski definition) is 1. The third-order valence-electron chi connectivity index (χ3n) is 2.36. The highest BCUT2D eigenvalue weighted by molar-refractivity contribution is 5.85. The molecular weight excluding hydrogens is 238 g/mol. The minimum Gasteiger partial charge on any atom is -0.466 e. The van der Waals surface area contributed by atoms with E-state index in [9.17, 15) is 4.79 Å². The number of carbonyl (C=O) groups is 1. The van der Waals surface area contributed by atoms with Gasteiger partial charge in [-0.05, 0) is 26.3 Å². The molecule has 96 valence electrons. The Morgan fingerprint density at radius 3 is 2.29 bits per heavy atom. The van der Waals surface area contributed by atoms with Gasteiger partial charge in [0.25, 0.3) is 0 Å². The fourth-order valence-electron chi connectivity index (χ4n) is 1.74. The predicted octanol–water partition coefficient (Wildman–Crippen LogP) is 2.68. The van der Waals surface area contributed by atoms with Crippen LogP contribution in [0.2, 0.25) is 0 Å². The van der Waals surface area contributed by atoms with Gasteiger partial charge in [-0.1, -0.05) is 29.3 Å². The van der Waals surface area contributed by atoms with Crippen LogP contribution < -0.4 is 5.73 Å². The predicted molar refractivity (Wildman–Crippen MR) is 71.3 cm³/mol. The first kappa shape index (κ1) is 15.9. The smallest absolute Gasteiger partial charge is 0.307 e. The number of aryl methyl sites for hydroxylation is 2. The molecule has 0 spiro atoms. The van der Waals surface area contributed by atoms with E-state index in [1.54, 1.807) is 6.92 Å². The topological polar surface area (TPSA) is 52.3 Å². The average Bonchev–Trinajstić information content (AvgIpc) is 2.16. The highest BCUT2D eigenvalue weighted by Gasteiger charge is 2.12. The molecule has 1 aromatic carbocycles. The molecule has 0 saturated carbocycles. The quantitative estimate of drug-likeness (QED) is 0.844. The zero-order valence-electron chi connectivity index (χ0n) is 10.5. The normalized spacial score (nSPS) is 11.5. The van der Waals surface area contributed by atoms with E-state index in [2.05, 4.69) is 6.07 Å². The lowest BCUT2D eigenvalue weighted by atomic mass is 10.00. The molecule has 0 aromatic heterocycles. The number of esters is 1. The Balaban J connectivity index is 0.00000256. The van der Waals surface area contributed by atoms with Crippen LogP contribution in [-0.2, 0) is 9.53 Å². The third kappa shape index (κ3) is 5.20. The Labute approximate surface area is 109 Å². The standard InChI is InChI=1S/C13H19NO2.ClH/c1-4-16-13(15)8-12(14)11-6-9(2)5-10(3)7-11;/h5-7,12H,4,8,14H2,1-3H3;1H/t12-;/m1./s1. The van der Waals surface area contributed by atoms with E-state index in [1.807, 2.05) is 26.0 Å². The van der Waals surface area contributed by atoms with Crippen LogP contribution in [0.15, 0.2) is 18.2 Å². The molecule has 0 aliphatic carbocycles. The first-order valence-electron chi connectivity index (χ1n) is 5.52. The Kier molecular flexibility index (Phi) is 6.85. The molecular formula is C13H20ClNO2. The lowest BCUT2D eigenvalue weighted by Crippen LogP contribution is -2.17. The molecule has 0 amide bonds. The number of halogens is 1. The SMILES string of the molecule is CCOC(=O)C[C@@H](N)c1cc(C)cc(C)c1.Cl. The van der Waals surface area contributed by atoms with Crippen LogP contribution in [0.25, 0.3) is 0 Å². The Hall–Kier alpha value is -1.06. The van der Waals surface area contributed by atoms with E-state index in [0.29, 0.717) is 6.61 Å². The Morgan fingerprint density at radius 2 is 1.82 bits per heavy atom. The van der Waals surface area contributed by atoms with E-state index < -0.39 is 0 Å². The fourth-order valence-corrected chi connectivity index (χ4v) is 1.74. The number of rotatable bonds is 4. The van der Waals surface area contributed by atoms with Crippen molar-refractivity contribution in [2.24, 2.45) is 5.73 Å². The van der Waals surface area contributed by atoms with Crippen molar-refractivity contribution in [1.82, 2.24) is 0 Å². The van der Waals surface area contributed by atoms with Crippen molar-refractivity contribution in [2.75, 3.05) is 6.61 Å². The first-order valence-corrected chi connectivity index (χ1v) is 5.52. The molecule has 1 atom stereocenters. The summed E-state index contributed by atoms with van der Waals surface area (Å²) in [4.78, 5) is 11.3. The van der Waals surface area contributed by atoms with Gasteiger partial charge in [0, 0.05) is 6.04 Å². The number of carbonyl (C=O) groups excluding carboxylic acids is 1. The second-order valence-electron chi connectivity index (χ2n) is 4.04. The summed E-state index contributed by atoms with van der Waals surface area (Å²) < 4.78 is 4.88. The monoisotopic (exact) mass is 257 g/mol. The van der Waals surface area contributed by atoms with Crippen molar-refractivity contribution in [3.63, 3.8) is 0 Å². The molecule has 0 aliphatic heterocycles. The van der Waals surface area contributed by atoms with Gasteiger partial charge in [-0.15, -0.1) is 12.4 Å². The van der Waals surface area contributed by atoms with Crippen LogP contribution in [0.3, 0.4) is 0 Å². The van der Waals surface area contributed by atoms with Gasteiger partial charge in [0.1, 0.15) is 0 Å². The molecule has 1 aromatic rings. The second-order valence-corrected chi connectivity index (χ2v) is 4.04. The maximum Gasteiger partial charge on any atom is 0.307 e. The van der Waals surface area contributed by atoms with Crippen molar-refractivity contribution in [2.45, 2.75) is 33.2 Å². The van der Waals surface area contributed by atoms with E-state index in [4.69, 9.17) is 10.5 Å². The lowest BCUT2D eigenvalue weighted by molar-refractivity contribution is -0.143. The van der Waals surface area contributed by atoms with Crippen molar-refractivity contribution in [3.8, 4) is 0 Å². The van der Waals surface area contributed by atoms with E-state index in [-0.39, 0.29) is 30.8 Å². The molecule has 0 fully saturated rings. The molecule has 0 aliphatic rings. The summed E-state index contributed by atoms with van der Waals surface area (Å²) in [5, 5.41) is 0. The van der Waals surface area contributed by atoms with Crippen LogP contribution in [0.4, 0.5) is 0 Å². The van der Waals surface area contributed by atoms with Gasteiger partial charge in [-0.25, -0.2) is 0 Å². The van der Waals surface area contributed by atoms with Crippen molar-refractivity contribution in [3.05, 3.63) is 34.9 Å². The number of benzene rings is 1. The summed E-state index contributed by atoms with van der Waals surface area (Å²) in [5.74, 6) is -0.242. The molecule has 0 bridgehead atoms. The molecule has 3 nitrogen and oxygen atoms in total. The van der Waals surface area contributed by atoms with Gasteiger partial charge in [0.05, 0.1) is 13.0 Å². The molecule has 0 radical (unpaired) electrons. The second kappa shape index (κ2) is 7.30. The van der Waals surface area contributed by atoms with E-state index >= 15 is 0 Å². The molecule has 0 heterocycles. The zero-order chi connectivity index (χ0) is 12.1. The highest BCUT2D eigenvalue weighted by atomic mass is 35.5. The Morgan fingerprint density at radius 1 is 1.29 bits per heavy atom. The van der Waals surface area contributed by atoms with Crippen LogP contribution in [-0.4, -0.2) is 12.6 Å². The molecule has 17 heavy (non-hydrogen) atoms. The maximum atomic E-state index is 11.3. The van der Waals surface area contributed by atoms with Crippen LogP contribution in [0, 0.1) is 13.8 Å². The zero-order valence-corrected chi connectivity index (χ0v) is 11.3. The highest BCUT2D eigenvalue weighted by Crippen LogP contribution is 2.18. The third-order valence-corrected chi connectivity index (χ3v) is 2.36. The molecule has 1 rings (SSSR count). The Bertz CT molecular complexity index is 359. The molecule has 2 N–H and O–H groups in total. The molecule has 0 saturated heterocycles. The first-order chi connectivity index (χ1) is 7.52. The van der Waals surface area contributed by atoms with Crippen LogP contribution in [0.1, 0.15) is 36.1 Å². The van der Waals surface area contributed by atoms with Crippen molar-refractivity contribution >= 4 is 18.4 Å². The summed E-state index contributed by atoms with van der Waals surface area (Å²) in [5.41, 5.74) is 9.28. The van der Waals surface area contributed by atoms with E-state index in [1.165, 1.54) is 0 Å². The largest absolute Gasteiger partial charge is 0.466 e. The lowest BCUT2D eigenvalue weighted by Gasteiger charge is -2.12. The van der Waals surface area contributed by atoms with Gasteiger partial charge in [-0.3, -0.25) is 4.79 Å². The van der Waals surface area contributed by atoms with E-state index in [0.717, 1.165) is 16.7 Å². The van der Waals surface area contributed by atoms with Crippen LogP contribution in [0.5, 0.6) is 0 Å².